The molecule has 0 spiro atoms. The normalized spacial score (nSPS) is 27.6. The molecule has 25 heavy (non-hydrogen) atoms. The maximum atomic E-state index is 12.6. The van der Waals surface area contributed by atoms with Gasteiger partial charge in [0.15, 0.2) is 0 Å². The summed E-state index contributed by atoms with van der Waals surface area (Å²) in [6.45, 7) is 6.26. The maximum absolute atomic E-state index is 12.6. The summed E-state index contributed by atoms with van der Waals surface area (Å²) < 4.78 is 7.74. The number of carbonyl (C=O) groups is 1. The minimum absolute atomic E-state index is 0.0353. The molecule has 1 amide bonds. The highest BCUT2D eigenvalue weighted by atomic mass is 16.5. The van der Waals surface area contributed by atoms with E-state index in [2.05, 4.69) is 17.1 Å². The van der Waals surface area contributed by atoms with Crippen molar-refractivity contribution in [3.8, 4) is 0 Å². The van der Waals surface area contributed by atoms with E-state index in [-0.39, 0.29) is 11.9 Å². The molecule has 0 radical (unpaired) electrons. The van der Waals surface area contributed by atoms with Crippen LogP contribution in [-0.4, -0.2) is 53.6 Å². The van der Waals surface area contributed by atoms with Gasteiger partial charge in [-0.3, -0.25) is 4.79 Å². The lowest BCUT2D eigenvalue weighted by Crippen LogP contribution is -2.51. The van der Waals surface area contributed by atoms with Crippen LogP contribution in [0.3, 0.4) is 0 Å². The van der Waals surface area contributed by atoms with E-state index >= 15 is 0 Å². The van der Waals surface area contributed by atoms with E-state index in [0.717, 1.165) is 43.7 Å². The Balaban J connectivity index is 1.34. The molecule has 2 aromatic heterocycles. The van der Waals surface area contributed by atoms with Crippen LogP contribution in [0.15, 0.2) is 36.7 Å². The molecule has 4 rings (SSSR count). The summed E-state index contributed by atoms with van der Waals surface area (Å²) in [5.74, 6) is 0.490. The van der Waals surface area contributed by atoms with Crippen LogP contribution in [0.4, 0.5) is 0 Å². The Kier molecular flexibility index (Phi) is 4.77. The molecule has 3 atom stereocenters. The van der Waals surface area contributed by atoms with E-state index in [1.165, 1.54) is 12.8 Å². The number of piperidine rings is 1. The van der Waals surface area contributed by atoms with Crippen LogP contribution >= 0.6 is 0 Å². The summed E-state index contributed by atoms with van der Waals surface area (Å²) >= 11 is 0. The summed E-state index contributed by atoms with van der Waals surface area (Å²) in [4.78, 5) is 15.1. The number of amides is 1. The first-order chi connectivity index (χ1) is 12.2. The van der Waals surface area contributed by atoms with Gasteiger partial charge in [-0.25, -0.2) is 0 Å². The second-order valence-electron chi connectivity index (χ2n) is 7.50. The summed E-state index contributed by atoms with van der Waals surface area (Å²) in [7, 11) is 0. The summed E-state index contributed by atoms with van der Waals surface area (Å²) in [5.41, 5.74) is 1.78. The van der Waals surface area contributed by atoms with Crippen LogP contribution in [0.2, 0.25) is 0 Å². The van der Waals surface area contributed by atoms with Crippen LogP contribution in [-0.2, 0) is 4.74 Å². The van der Waals surface area contributed by atoms with Crippen LogP contribution in [0.1, 0.15) is 36.5 Å². The van der Waals surface area contributed by atoms with Gasteiger partial charge in [-0.15, -0.1) is 0 Å². The lowest BCUT2D eigenvalue weighted by Gasteiger charge is -2.38. The first kappa shape index (κ1) is 16.6. The fourth-order valence-electron chi connectivity index (χ4n) is 4.12. The highest BCUT2D eigenvalue weighted by Crippen LogP contribution is 2.21. The van der Waals surface area contributed by atoms with Gasteiger partial charge in [0.1, 0.15) is 0 Å². The van der Waals surface area contributed by atoms with Crippen LogP contribution in [0.25, 0.3) is 5.52 Å². The van der Waals surface area contributed by atoms with Crippen molar-refractivity contribution in [3.63, 3.8) is 0 Å². The second kappa shape index (κ2) is 7.18. The summed E-state index contributed by atoms with van der Waals surface area (Å²) in [5, 5.41) is 3.25. The van der Waals surface area contributed by atoms with Crippen molar-refractivity contribution in [1.29, 1.82) is 0 Å². The molecule has 5 heteroatoms. The van der Waals surface area contributed by atoms with Gasteiger partial charge in [0.05, 0.1) is 11.7 Å². The zero-order valence-electron chi connectivity index (χ0n) is 14.9. The Bertz CT molecular complexity index is 702. The topological polar surface area (TPSA) is 46.0 Å². The standard InChI is InChI=1S/C20H27N3O2/c1-15-12-22(14-18-6-4-10-25-18)9-7-19(15)21-20(24)16-11-17-5-2-3-8-23(17)13-16/h2-3,5,8,11,13,15,18-19H,4,6-7,9-10,12,14H2,1H3,(H,21,24)/t15-,18+,19+/m1/s1. The van der Waals surface area contributed by atoms with Crippen LogP contribution in [0.5, 0.6) is 0 Å². The smallest absolute Gasteiger partial charge is 0.253 e. The third-order valence-electron chi connectivity index (χ3n) is 5.56. The van der Waals surface area contributed by atoms with Crippen LogP contribution in [0, 0.1) is 5.92 Å². The number of hydrogen-bond donors (Lipinski definition) is 1. The van der Waals surface area contributed by atoms with E-state index in [4.69, 9.17) is 4.74 Å². The first-order valence-corrected chi connectivity index (χ1v) is 9.40. The zero-order valence-corrected chi connectivity index (χ0v) is 14.9. The molecule has 5 nitrogen and oxygen atoms in total. The maximum Gasteiger partial charge on any atom is 0.253 e. The van der Waals surface area contributed by atoms with E-state index < -0.39 is 0 Å². The lowest BCUT2D eigenvalue weighted by atomic mass is 9.93. The minimum Gasteiger partial charge on any atom is -0.377 e. The minimum atomic E-state index is 0.0353. The number of nitrogens with zero attached hydrogens (tertiary/aromatic N) is 2. The highest BCUT2D eigenvalue weighted by molar-refractivity contribution is 5.95. The van der Waals surface area contributed by atoms with E-state index in [1.807, 2.05) is 41.1 Å². The third-order valence-corrected chi connectivity index (χ3v) is 5.56. The average Bonchev–Trinajstić information content (AvgIpc) is 3.26. The van der Waals surface area contributed by atoms with Gasteiger partial charge in [-0.05, 0) is 43.4 Å². The van der Waals surface area contributed by atoms with Gasteiger partial charge in [-0.2, -0.15) is 0 Å². The molecule has 2 aliphatic rings. The number of nitrogens with one attached hydrogen (secondary N) is 1. The van der Waals surface area contributed by atoms with E-state index in [9.17, 15) is 4.79 Å². The predicted octanol–water partition coefficient (Wildman–Crippen LogP) is 2.56. The van der Waals surface area contributed by atoms with Crippen molar-refractivity contribution >= 4 is 11.4 Å². The number of fused-ring (bicyclic) bond motifs is 1. The van der Waals surface area contributed by atoms with Gasteiger partial charge >= 0.3 is 0 Å². The summed E-state index contributed by atoms with van der Waals surface area (Å²) in [6.07, 6.45) is 7.67. The fourth-order valence-corrected chi connectivity index (χ4v) is 4.12. The van der Waals surface area contributed by atoms with Crippen molar-refractivity contribution in [3.05, 3.63) is 42.2 Å². The molecule has 0 bridgehead atoms. The SMILES string of the molecule is C[C@@H]1CN(C[C@@H]2CCCO2)CC[C@@H]1NC(=O)c1cc2ccccn2c1. The number of rotatable bonds is 4. The number of hydrogen-bond acceptors (Lipinski definition) is 3. The molecule has 134 valence electrons. The Morgan fingerprint density at radius 2 is 2.28 bits per heavy atom. The largest absolute Gasteiger partial charge is 0.377 e. The Labute approximate surface area is 149 Å². The van der Waals surface area contributed by atoms with E-state index in [0.29, 0.717) is 12.0 Å². The Morgan fingerprint density at radius 3 is 3.04 bits per heavy atom. The molecule has 1 N–H and O–H groups in total. The molecule has 0 aromatic carbocycles. The molecular weight excluding hydrogens is 314 g/mol. The number of carbonyl (C=O) groups excluding carboxylic acids is 1. The monoisotopic (exact) mass is 341 g/mol. The van der Waals surface area contributed by atoms with Gasteiger partial charge in [0, 0.05) is 50.2 Å². The molecule has 2 fully saturated rings. The Hall–Kier alpha value is -1.85. The molecule has 2 aliphatic heterocycles. The highest BCUT2D eigenvalue weighted by Gasteiger charge is 2.29. The van der Waals surface area contributed by atoms with E-state index in [1.54, 1.807) is 0 Å². The van der Waals surface area contributed by atoms with Gasteiger partial charge < -0.3 is 19.4 Å². The van der Waals surface area contributed by atoms with Gasteiger partial charge in [-0.1, -0.05) is 13.0 Å². The molecule has 0 saturated carbocycles. The van der Waals surface area contributed by atoms with Crippen molar-refractivity contribution < 1.29 is 9.53 Å². The lowest BCUT2D eigenvalue weighted by molar-refractivity contribution is 0.0498. The molecule has 2 aromatic rings. The van der Waals surface area contributed by atoms with Crippen LogP contribution < -0.4 is 5.32 Å². The molecule has 2 saturated heterocycles. The van der Waals surface area contributed by atoms with Crippen molar-refractivity contribution in [2.45, 2.75) is 38.3 Å². The molecule has 0 aliphatic carbocycles. The van der Waals surface area contributed by atoms with Crippen molar-refractivity contribution in [2.75, 3.05) is 26.2 Å². The second-order valence-corrected chi connectivity index (χ2v) is 7.50. The number of ether oxygens (including phenoxy) is 1. The fraction of sp³-hybridized carbons (Fsp3) is 0.550. The number of likely N-dealkylation sites (tertiary alicyclic amines) is 1. The van der Waals surface area contributed by atoms with Gasteiger partial charge in [0.25, 0.3) is 5.91 Å². The molecular formula is C20H27N3O2. The molecule has 4 heterocycles. The molecule has 0 unspecified atom stereocenters. The zero-order chi connectivity index (χ0) is 17.2. The average molecular weight is 341 g/mol. The first-order valence-electron chi connectivity index (χ1n) is 9.40. The van der Waals surface area contributed by atoms with Gasteiger partial charge in [0.2, 0.25) is 0 Å². The Morgan fingerprint density at radius 1 is 1.36 bits per heavy atom. The number of pyridine rings is 1. The number of aromatic nitrogens is 1. The predicted molar refractivity (Wildman–Crippen MR) is 97.8 cm³/mol. The third kappa shape index (κ3) is 3.72. The summed E-state index contributed by atoms with van der Waals surface area (Å²) in [6, 6.07) is 8.18. The van der Waals surface area contributed by atoms with Crippen molar-refractivity contribution in [2.24, 2.45) is 5.92 Å². The van der Waals surface area contributed by atoms with Crippen molar-refractivity contribution in [1.82, 2.24) is 14.6 Å². The quantitative estimate of drug-likeness (QED) is 0.930.